The highest BCUT2D eigenvalue weighted by Gasteiger charge is 2.49. The number of nitrogens with two attached hydrogens (primary N) is 1. The second kappa shape index (κ2) is 5.15. The molecule has 0 amide bonds. The first-order valence-corrected chi connectivity index (χ1v) is 7.40. The maximum absolute atomic E-state index is 5.88. The summed E-state index contributed by atoms with van der Waals surface area (Å²) in [6.07, 6.45) is 2.89. The topological polar surface area (TPSA) is 73.1 Å². The fraction of sp³-hybridized carbons (Fsp3) is 0.500. The minimum absolute atomic E-state index is 0.0909. The lowest BCUT2D eigenvalue weighted by Crippen LogP contribution is -2.58. The lowest BCUT2D eigenvalue weighted by molar-refractivity contribution is -0.0976. The minimum Gasteiger partial charge on any atom is -0.399 e. The third kappa shape index (κ3) is 2.42. The number of nitrogens with one attached hydrogen (secondary N) is 1. The van der Waals surface area contributed by atoms with Gasteiger partial charge in [0, 0.05) is 29.1 Å². The van der Waals surface area contributed by atoms with Crippen molar-refractivity contribution in [2.24, 2.45) is 5.41 Å². The van der Waals surface area contributed by atoms with Gasteiger partial charge in [-0.2, -0.15) is 0 Å². The molecule has 3 rings (SSSR count). The maximum atomic E-state index is 5.88. The SMILES string of the molecule is CCOC1CC(Nc2ncnc3ccc(N)cc23)C1(C)C. The first kappa shape index (κ1) is 14.1. The van der Waals surface area contributed by atoms with E-state index in [0.717, 1.165) is 35.4 Å². The molecular formula is C16H22N4O. The molecule has 1 aromatic heterocycles. The Morgan fingerprint density at radius 2 is 2.19 bits per heavy atom. The minimum atomic E-state index is 0.0909. The second-order valence-electron chi connectivity index (χ2n) is 6.20. The summed E-state index contributed by atoms with van der Waals surface area (Å²) in [4.78, 5) is 8.67. The average molecular weight is 286 g/mol. The van der Waals surface area contributed by atoms with Crippen LogP contribution in [-0.4, -0.2) is 28.7 Å². The summed E-state index contributed by atoms with van der Waals surface area (Å²) in [5, 5.41) is 4.51. The molecule has 0 aliphatic heterocycles. The van der Waals surface area contributed by atoms with E-state index in [-0.39, 0.29) is 5.41 Å². The molecule has 0 radical (unpaired) electrons. The maximum Gasteiger partial charge on any atom is 0.137 e. The molecule has 21 heavy (non-hydrogen) atoms. The van der Waals surface area contributed by atoms with Gasteiger partial charge in [0.1, 0.15) is 12.1 Å². The van der Waals surface area contributed by atoms with Crippen LogP contribution in [-0.2, 0) is 4.74 Å². The molecule has 1 fully saturated rings. The summed E-state index contributed by atoms with van der Waals surface area (Å²) in [5.74, 6) is 0.848. The van der Waals surface area contributed by atoms with Crippen LogP contribution in [0.1, 0.15) is 27.2 Å². The lowest BCUT2D eigenvalue weighted by Gasteiger charge is -2.51. The molecule has 2 unspecified atom stereocenters. The Labute approximate surface area is 124 Å². The standard InChI is InChI=1S/C16H22N4O/c1-4-21-14-8-13(16(14,2)3)20-15-11-7-10(17)5-6-12(11)18-9-19-15/h5-7,9,13-14H,4,8,17H2,1-3H3,(H,18,19,20). The van der Waals surface area contributed by atoms with E-state index in [1.807, 2.05) is 25.1 Å². The molecule has 1 aromatic carbocycles. The number of nitrogens with zero attached hydrogens (tertiary/aromatic N) is 2. The van der Waals surface area contributed by atoms with Crippen LogP contribution in [0.5, 0.6) is 0 Å². The molecule has 5 nitrogen and oxygen atoms in total. The van der Waals surface area contributed by atoms with Crippen LogP contribution in [0.3, 0.4) is 0 Å². The number of fused-ring (bicyclic) bond motifs is 1. The van der Waals surface area contributed by atoms with Crippen LogP contribution in [0.4, 0.5) is 11.5 Å². The van der Waals surface area contributed by atoms with Gasteiger partial charge in [-0.3, -0.25) is 0 Å². The quantitative estimate of drug-likeness (QED) is 0.845. The number of anilines is 2. The van der Waals surface area contributed by atoms with Crippen molar-refractivity contribution >= 4 is 22.4 Å². The van der Waals surface area contributed by atoms with E-state index in [2.05, 4.69) is 29.1 Å². The Kier molecular flexibility index (Phi) is 3.45. The number of aromatic nitrogens is 2. The zero-order valence-corrected chi connectivity index (χ0v) is 12.8. The monoisotopic (exact) mass is 286 g/mol. The number of ether oxygens (including phenoxy) is 1. The third-order valence-electron chi connectivity index (χ3n) is 4.52. The van der Waals surface area contributed by atoms with E-state index in [1.165, 1.54) is 0 Å². The first-order chi connectivity index (χ1) is 10.0. The highest BCUT2D eigenvalue weighted by Crippen LogP contribution is 2.44. The van der Waals surface area contributed by atoms with E-state index >= 15 is 0 Å². The van der Waals surface area contributed by atoms with Crippen LogP contribution in [0, 0.1) is 5.41 Å². The lowest BCUT2D eigenvalue weighted by atomic mass is 9.64. The van der Waals surface area contributed by atoms with Gasteiger partial charge in [-0.05, 0) is 31.5 Å². The van der Waals surface area contributed by atoms with Gasteiger partial charge in [-0.15, -0.1) is 0 Å². The average Bonchev–Trinajstić information content (AvgIpc) is 2.46. The van der Waals surface area contributed by atoms with Gasteiger partial charge in [0.25, 0.3) is 0 Å². The number of benzene rings is 1. The Morgan fingerprint density at radius 1 is 1.38 bits per heavy atom. The van der Waals surface area contributed by atoms with Crippen molar-refractivity contribution in [2.75, 3.05) is 17.7 Å². The molecule has 1 aliphatic carbocycles. The Hall–Kier alpha value is -1.88. The fourth-order valence-corrected chi connectivity index (χ4v) is 2.97. The highest BCUT2D eigenvalue weighted by atomic mass is 16.5. The van der Waals surface area contributed by atoms with Crippen LogP contribution < -0.4 is 11.1 Å². The zero-order valence-electron chi connectivity index (χ0n) is 12.8. The van der Waals surface area contributed by atoms with Gasteiger partial charge >= 0.3 is 0 Å². The van der Waals surface area contributed by atoms with Gasteiger partial charge in [-0.1, -0.05) is 13.8 Å². The molecule has 0 spiro atoms. The number of rotatable bonds is 4. The predicted molar refractivity (Wildman–Crippen MR) is 85.2 cm³/mol. The van der Waals surface area contributed by atoms with Gasteiger partial charge in [0.2, 0.25) is 0 Å². The number of nitrogen functional groups attached to an aromatic ring is 1. The van der Waals surface area contributed by atoms with Crippen LogP contribution in [0.2, 0.25) is 0 Å². The molecule has 2 aromatic rings. The van der Waals surface area contributed by atoms with Crippen molar-refractivity contribution in [1.29, 1.82) is 0 Å². The van der Waals surface area contributed by atoms with E-state index < -0.39 is 0 Å². The van der Waals surface area contributed by atoms with Gasteiger partial charge < -0.3 is 15.8 Å². The summed E-state index contributed by atoms with van der Waals surface area (Å²) in [6.45, 7) is 7.25. The molecule has 1 saturated carbocycles. The van der Waals surface area contributed by atoms with Gasteiger partial charge in [-0.25, -0.2) is 9.97 Å². The van der Waals surface area contributed by atoms with Crippen molar-refractivity contribution in [2.45, 2.75) is 39.3 Å². The number of hydrogen-bond acceptors (Lipinski definition) is 5. The summed E-state index contributed by atoms with van der Waals surface area (Å²) in [6, 6.07) is 6.04. The van der Waals surface area contributed by atoms with E-state index in [9.17, 15) is 0 Å². The van der Waals surface area contributed by atoms with Crippen molar-refractivity contribution in [1.82, 2.24) is 9.97 Å². The normalized spacial score (nSPS) is 23.8. The summed E-state index contributed by atoms with van der Waals surface area (Å²) in [5.41, 5.74) is 7.60. The summed E-state index contributed by atoms with van der Waals surface area (Å²) < 4.78 is 5.77. The Balaban J connectivity index is 1.85. The molecular weight excluding hydrogens is 264 g/mol. The van der Waals surface area contributed by atoms with Crippen molar-refractivity contribution in [3.05, 3.63) is 24.5 Å². The number of hydrogen-bond donors (Lipinski definition) is 2. The Bertz CT molecular complexity index is 656. The van der Waals surface area contributed by atoms with Crippen LogP contribution >= 0.6 is 0 Å². The fourth-order valence-electron chi connectivity index (χ4n) is 2.97. The van der Waals surface area contributed by atoms with E-state index in [1.54, 1.807) is 6.33 Å². The van der Waals surface area contributed by atoms with Gasteiger partial charge in [0.05, 0.1) is 11.6 Å². The molecule has 5 heteroatoms. The molecule has 2 atom stereocenters. The third-order valence-corrected chi connectivity index (χ3v) is 4.52. The zero-order chi connectivity index (χ0) is 15.0. The smallest absolute Gasteiger partial charge is 0.137 e. The van der Waals surface area contributed by atoms with Crippen molar-refractivity contribution in [3.8, 4) is 0 Å². The van der Waals surface area contributed by atoms with Gasteiger partial charge in [0.15, 0.2) is 0 Å². The second-order valence-corrected chi connectivity index (χ2v) is 6.20. The molecule has 1 heterocycles. The van der Waals surface area contributed by atoms with E-state index in [4.69, 9.17) is 10.5 Å². The first-order valence-electron chi connectivity index (χ1n) is 7.40. The highest BCUT2D eigenvalue weighted by molar-refractivity contribution is 5.91. The summed E-state index contributed by atoms with van der Waals surface area (Å²) >= 11 is 0. The van der Waals surface area contributed by atoms with Crippen LogP contribution in [0.25, 0.3) is 10.9 Å². The summed E-state index contributed by atoms with van der Waals surface area (Å²) in [7, 11) is 0. The van der Waals surface area contributed by atoms with Crippen LogP contribution in [0.15, 0.2) is 24.5 Å². The molecule has 1 aliphatic rings. The molecule has 0 bridgehead atoms. The van der Waals surface area contributed by atoms with E-state index in [0.29, 0.717) is 12.1 Å². The Morgan fingerprint density at radius 3 is 2.90 bits per heavy atom. The molecule has 112 valence electrons. The molecule has 0 saturated heterocycles. The molecule has 3 N–H and O–H groups in total. The largest absolute Gasteiger partial charge is 0.399 e. The predicted octanol–water partition coefficient (Wildman–Crippen LogP) is 2.83. The van der Waals surface area contributed by atoms with Crippen molar-refractivity contribution < 1.29 is 4.74 Å². The van der Waals surface area contributed by atoms with Crippen molar-refractivity contribution in [3.63, 3.8) is 0 Å².